The van der Waals surface area contributed by atoms with Crippen LogP contribution in [0.2, 0.25) is 5.02 Å². The van der Waals surface area contributed by atoms with Crippen LogP contribution in [0.4, 0.5) is 15.8 Å². The maximum atomic E-state index is 13.3. The van der Waals surface area contributed by atoms with E-state index >= 15 is 0 Å². The van der Waals surface area contributed by atoms with Crippen molar-refractivity contribution in [2.45, 2.75) is 0 Å². The maximum absolute atomic E-state index is 13.3. The van der Waals surface area contributed by atoms with Gasteiger partial charge >= 0.3 is 0 Å². The van der Waals surface area contributed by atoms with Crippen molar-refractivity contribution in [1.29, 1.82) is 0 Å². The number of carbonyl (C=O) groups excluding carboxylic acids is 3. The molecular weight excluding hydrogens is 521 g/mol. The molecule has 0 aliphatic carbocycles. The quantitative estimate of drug-likeness (QED) is 0.263. The van der Waals surface area contributed by atoms with Gasteiger partial charge in [-0.05, 0) is 72.4 Å². The lowest BCUT2D eigenvalue weighted by molar-refractivity contribution is -0.122. The summed E-state index contributed by atoms with van der Waals surface area (Å²) in [4.78, 5) is 39.1. The van der Waals surface area contributed by atoms with E-state index in [0.717, 1.165) is 4.90 Å². The van der Waals surface area contributed by atoms with Crippen LogP contribution in [0.25, 0.3) is 6.08 Å². The fourth-order valence-corrected chi connectivity index (χ4v) is 4.02. The molecule has 3 aromatic carbocycles. The third-order valence-corrected chi connectivity index (χ3v) is 5.72. The average molecular weight is 540 g/mol. The van der Waals surface area contributed by atoms with Gasteiger partial charge in [0.2, 0.25) is 0 Å². The minimum atomic E-state index is -0.707. The highest BCUT2D eigenvalue weighted by molar-refractivity contribution is 7.80. The minimum Gasteiger partial charge on any atom is -0.493 e. The summed E-state index contributed by atoms with van der Waals surface area (Å²) in [6, 6.07) is 16.9. The first kappa shape index (κ1) is 25.8. The average Bonchev–Trinajstić information content (AvgIpc) is 2.87. The van der Waals surface area contributed by atoms with E-state index in [1.165, 1.54) is 49.6 Å². The molecule has 0 radical (unpaired) electrons. The van der Waals surface area contributed by atoms with Crippen LogP contribution < -0.4 is 25.0 Å². The lowest BCUT2D eigenvalue weighted by atomic mass is 10.1. The first-order valence-electron chi connectivity index (χ1n) is 10.8. The number of nitrogens with one attached hydrogen (secondary N) is 2. The lowest BCUT2D eigenvalue weighted by Gasteiger charge is -2.29. The molecule has 1 heterocycles. The van der Waals surface area contributed by atoms with E-state index in [1.807, 2.05) is 6.07 Å². The monoisotopic (exact) mass is 539 g/mol. The molecule has 0 unspecified atom stereocenters. The van der Waals surface area contributed by atoms with Gasteiger partial charge in [-0.15, -0.1) is 0 Å². The molecule has 1 aliphatic rings. The van der Waals surface area contributed by atoms with Crippen LogP contribution >= 0.6 is 23.8 Å². The molecule has 0 atom stereocenters. The molecule has 11 heteroatoms. The van der Waals surface area contributed by atoms with Crippen LogP contribution in [0, 0.1) is 5.82 Å². The fourth-order valence-electron chi connectivity index (χ4n) is 3.47. The highest BCUT2D eigenvalue weighted by Crippen LogP contribution is 2.37. The summed E-state index contributed by atoms with van der Waals surface area (Å²) in [6.45, 7) is -0.337. The first-order chi connectivity index (χ1) is 17.8. The number of halogens is 2. The number of hydrogen-bond donors (Lipinski definition) is 2. The summed E-state index contributed by atoms with van der Waals surface area (Å²) in [6.07, 6.45) is 1.32. The molecule has 3 amide bonds. The number of hydrogen-bond acceptors (Lipinski definition) is 6. The highest BCUT2D eigenvalue weighted by atomic mass is 35.5. The van der Waals surface area contributed by atoms with Crippen molar-refractivity contribution in [1.82, 2.24) is 5.32 Å². The molecule has 1 saturated heterocycles. The number of para-hydroxylation sites is 1. The molecule has 0 bridgehead atoms. The van der Waals surface area contributed by atoms with Gasteiger partial charge in [0.15, 0.2) is 23.2 Å². The van der Waals surface area contributed by atoms with E-state index in [9.17, 15) is 18.8 Å². The molecule has 188 valence electrons. The normalized spacial score (nSPS) is 14.4. The standard InChI is InChI=1S/C26H19ClFN3O5S/c1-35-21-13-15(12-20(27)23(21)36-14-22(32)29-17-5-3-2-4-6-17)11-19-24(33)30-26(37)31(25(19)34)18-9-7-16(28)8-10-18/h2-13H,14H2,1H3,(H,29,32)(H,30,33,37)/b19-11-. The molecule has 8 nitrogen and oxygen atoms in total. The van der Waals surface area contributed by atoms with Crippen molar-refractivity contribution in [3.63, 3.8) is 0 Å². The molecule has 37 heavy (non-hydrogen) atoms. The van der Waals surface area contributed by atoms with Crippen LogP contribution in [0.5, 0.6) is 11.5 Å². The zero-order valence-electron chi connectivity index (χ0n) is 19.3. The SMILES string of the molecule is COc1cc(/C=C2/C(=O)NC(=S)N(c3ccc(F)cc3)C2=O)cc(Cl)c1OCC(=O)Nc1ccccc1. The van der Waals surface area contributed by atoms with Gasteiger partial charge in [0.05, 0.1) is 17.8 Å². The highest BCUT2D eigenvalue weighted by Gasteiger charge is 2.34. The van der Waals surface area contributed by atoms with Gasteiger partial charge in [0, 0.05) is 5.69 Å². The van der Waals surface area contributed by atoms with Crippen molar-refractivity contribution in [3.8, 4) is 11.5 Å². The molecule has 0 saturated carbocycles. The van der Waals surface area contributed by atoms with E-state index in [0.29, 0.717) is 11.3 Å². The van der Waals surface area contributed by atoms with Gasteiger partial charge in [-0.1, -0.05) is 29.8 Å². The second-order valence-electron chi connectivity index (χ2n) is 7.67. The number of benzene rings is 3. The third-order valence-electron chi connectivity index (χ3n) is 5.15. The van der Waals surface area contributed by atoms with Crippen LogP contribution in [-0.2, 0) is 14.4 Å². The minimum absolute atomic E-state index is 0.0910. The van der Waals surface area contributed by atoms with E-state index in [-0.39, 0.29) is 39.5 Å². The van der Waals surface area contributed by atoms with Crippen molar-refractivity contribution < 1.29 is 28.2 Å². The number of methoxy groups -OCH3 is 1. The van der Waals surface area contributed by atoms with E-state index in [4.69, 9.17) is 33.3 Å². The van der Waals surface area contributed by atoms with E-state index in [2.05, 4.69) is 10.6 Å². The molecule has 0 spiro atoms. The number of nitrogens with zero attached hydrogens (tertiary/aromatic N) is 1. The molecule has 1 fully saturated rings. The van der Waals surface area contributed by atoms with E-state index < -0.39 is 23.5 Å². The topological polar surface area (TPSA) is 97.0 Å². The lowest BCUT2D eigenvalue weighted by Crippen LogP contribution is -2.54. The fraction of sp³-hybridized carbons (Fsp3) is 0.0769. The Morgan fingerprint density at radius 3 is 2.51 bits per heavy atom. The van der Waals surface area contributed by atoms with Crippen LogP contribution in [0.1, 0.15) is 5.56 Å². The number of carbonyl (C=O) groups is 3. The number of ether oxygens (including phenoxy) is 2. The van der Waals surface area contributed by atoms with Crippen LogP contribution in [-0.4, -0.2) is 36.6 Å². The Labute approximate surface area is 221 Å². The molecular formula is C26H19ClFN3O5S. The van der Waals surface area contributed by atoms with Gasteiger partial charge < -0.3 is 14.8 Å². The summed E-state index contributed by atoms with van der Waals surface area (Å²) >= 11 is 11.5. The zero-order valence-corrected chi connectivity index (χ0v) is 20.9. The Balaban J connectivity index is 1.56. The van der Waals surface area contributed by atoms with Crippen molar-refractivity contribution >= 4 is 64.1 Å². The largest absolute Gasteiger partial charge is 0.493 e. The first-order valence-corrected chi connectivity index (χ1v) is 11.6. The van der Waals surface area contributed by atoms with Crippen molar-refractivity contribution in [3.05, 3.63) is 88.7 Å². The molecule has 4 rings (SSSR count). The number of anilines is 2. The van der Waals surface area contributed by atoms with Crippen molar-refractivity contribution in [2.75, 3.05) is 23.9 Å². The van der Waals surface area contributed by atoms with Gasteiger partial charge in [0.1, 0.15) is 11.4 Å². The van der Waals surface area contributed by atoms with Gasteiger partial charge in [-0.2, -0.15) is 0 Å². The maximum Gasteiger partial charge on any atom is 0.270 e. The van der Waals surface area contributed by atoms with Crippen molar-refractivity contribution in [2.24, 2.45) is 0 Å². The van der Waals surface area contributed by atoms with Gasteiger partial charge in [-0.3, -0.25) is 24.6 Å². The second kappa shape index (κ2) is 11.2. The van der Waals surface area contributed by atoms with Gasteiger partial charge in [0.25, 0.3) is 17.7 Å². The van der Waals surface area contributed by atoms with Crippen LogP contribution in [0.15, 0.2) is 72.3 Å². The molecule has 2 N–H and O–H groups in total. The second-order valence-corrected chi connectivity index (χ2v) is 8.47. The zero-order chi connectivity index (χ0) is 26.5. The number of amides is 3. The molecule has 3 aromatic rings. The molecule has 1 aliphatic heterocycles. The predicted octanol–water partition coefficient (Wildman–Crippen LogP) is 4.34. The Morgan fingerprint density at radius 1 is 1.14 bits per heavy atom. The predicted molar refractivity (Wildman–Crippen MR) is 141 cm³/mol. The Kier molecular flexibility index (Phi) is 7.80. The summed E-state index contributed by atoms with van der Waals surface area (Å²) < 4.78 is 24.3. The smallest absolute Gasteiger partial charge is 0.270 e. The van der Waals surface area contributed by atoms with Crippen LogP contribution in [0.3, 0.4) is 0 Å². The number of thiocarbonyl (C=S) groups is 1. The number of rotatable bonds is 7. The van der Waals surface area contributed by atoms with Gasteiger partial charge in [-0.25, -0.2) is 4.39 Å². The summed E-state index contributed by atoms with van der Waals surface area (Å²) in [7, 11) is 1.38. The Morgan fingerprint density at radius 2 is 1.84 bits per heavy atom. The summed E-state index contributed by atoms with van der Waals surface area (Å²) in [5, 5.41) is 5.10. The Bertz CT molecular complexity index is 1410. The molecule has 0 aromatic heterocycles. The Hall–Kier alpha value is -4.28. The summed E-state index contributed by atoms with van der Waals surface area (Å²) in [5.41, 5.74) is 1.02. The van der Waals surface area contributed by atoms with E-state index in [1.54, 1.807) is 24.3 Å². The summed E-state index contributed by atoms with van der Waals surface area (Å²) in [5.74, 6) is -2.00. The third kappa shape index (κ3) is 5.93.